The average Bonchev–Trinajstić information content (AvgIpc) is 3.45. The lowest BCUT2D eigenvalue weighted by atomic mass is 9.91. The van der Waals surface area contributed by atoms with E-state index in [1.54, 1.807) is 48.5 Å². The number of aliphatic hydroxyl groups is 2. The molecule has 1 aliphatic heterocycles. The number of fused-ring (bicyclic) bond motifs is 1. The molecule has 3 aromatic carbocycles. The zero-order valence-electron chi connectivity index (χ0n) is 25.1. The van der Waals surface area contributed by atoms with Crippen LogP contribution in [-0.2, 0) is 41.7 Å². The third kappa shape index (κ3) is 5.86. The highest BCUT2D eigenvalue weighted by Crippen LogP contribution is 2.52. The van der Waals surface area contributed by atoms with Crippen LogP contribution in [0.25, 0.3) is 0 Å². The second-order valence-corrected chi connectivity index (χ2v) is 13.1. The van der Waals surface area contributed by atoms with Crippen LogP contribution in [0.3, 0.4) is 0 Å². The molecule has 3 N–H and O–H groups in total. The largest absolute Gasteiger partial charge is 0.387 e. The Labute approximate surface area is 264 Å². The Hall–Kier alpha value is -3.95. The van der Waals surface area contributed by atoms with Crippen molar-refractivity contribution in [3.63, 3.8) is 0 Å². The summed E-state index contributed by atoms with van der Waals surface area (Å²) in [6.45, 7) is 3.14. The number of aromatic nitrogens is 2. The van der Waals surface area contributed by atoms with Gasteiger partial charge in [0.1, 0.15) is 30.5 Å². The fraction of sp³-hybridized carbons (Fsp3) is 0.333. The van der Waals surface area contributed by atoms with Gasteiger partial charge in [-0.2, -0.15) is 8.42 Å². The molecule has 0 radical (unpaired) electrons. The molecular weight excluding hydrogens is 616 g/mol. The molecule has 0 amide bonds. The quantitative estimate of drug-likeness (QED) is 0.216. The van der Waals surface area contributed by atoms with Crippen molar-refractivity contribution in [2.24, 2.45) is 0 Å². The van der Waals surface area contributed by atoms with E-state index in [0.717, 1.165) is 15.7 Å². The SMILES string of the molecule is Cc1ccc(S(=O)(=O)O[C@@H]2[C@@H](OCc3ccccc3)[C@H]3O[C@@H](n4cc(C)c(=O)[nH]c4=O)[C@@H](O)[C@@]3(OCc3ccccc3)[C@@H]2O)cc1. The molecule has 1 aromatic heterocycles. The van der Waals surface area contributed by atoms with Gasteiger partial charge in [-0.25, -0.2) is 4.79 Å². The molecule has 2 heterocycles. The average molecular weight is 651 g/mol. The Kier molecular flexibility index (Phi) is 8.83. The number of benzene rings is 3. The van der Waals surface area contributed by atoms with E-state index in [4.69, 9.17) is 18.4 Å². The van der Waals surface area contributed by atoms with E-state index >= 15 is 0 Å². The molecule has 0 bridgehead atoms. The molecule has 46 heavy (non-hydrogen) atoms. The van der Waals surface area contributed by atoms with E-state index in [1.165, 1.54) is 25.3 Å². The molecule has 12 nitrogen and oxygen atoms in total. The zero-order chi connectivity index (χ0) is 32.6. The maximum absolute atomic E-state index is 13.5. The van der Waals surface area contributed by atoms with Gasteiger partial charge in [-0.1, -0.05) is 78.4 Å². The Balaban J connectivity index is 1.43. The van der Waals surface area contributed by atoms with E-state index in [1.807, 2.05) is 31.2 Å². The van der Waals surface area contributed by atoms with Crippen molar-refractivity contribution in [3.8, 4) is 0 Å². The van der Waals surface area contributed by atoms with Crippen LogP contribution in [0.4, 0.5) is 0 Å². The van der Waals surface area contributed by atoms with Crippen LogP contribution >= 0.6 is 0 Å². The lowest BCUT2D eigenvalue weighted by molar-refractivity contribution is -0.182. The topological polar surface area (TPSA) is 166 Å². The summed E-state index contributed by atoms with van der Waals surface area (Å²) in [6.07, 6.45) is -8.04. The van der Waals surface area contributed by atoms with Crippen molar-refractivity contribution in [1.82, 2.24) is 9.55 Å². The second kappa shape index (κ2) is 12.7. The molecule has 242 valence electrons. The predicted octanol–water partition coefficient (Wildman–Crippen LogP) is 2.10. The normalized spacial score (nSPS) is 27.5. The van der Waals surface area contributed by atoms with E-state index in [-0.39, 0.29) is 23.7 Å². The predicted molar refractivity (Wildman–Crippen MR) is 164 cm³/mol. The molecule has 0 spiro atoms. The molecule has 7 atom stereocenters. The third-order valence-electron chi connectivity index (χ3n) is 8.44. The van der Waals surface area contributed by atoms with Crippen LogP contribution in [-0.4, -0.2) is 64.3 Å². The first-order chi connectivity index (χ1) is 22.0. The maximum Gasteiger partial charge on any atom is 0.330 e. The van der Waals surface area contributed by atoms with Crippen molar-refractivity contribution >= 4 is 10.1 Å². The fourth-order valence-electron chi connectivity index (χ4n) is 6.00. The van der Waals surface area contributed by atoms with E-state index < -0.39 is 63.7 Å². The molecule has 1 saturated heterocycles. The summed E-state index contributed by atoms with van der Waals surface area (Å²) in [5.74, 6) is 0. The standard InChI is InChI=1S/C33H34N2O10S/c1-20-13-15-24(16-14-20)46(40,41)45-25-26(42-18-22-9-5-3-6-10-22)29-33(27(25)36,43-19-23-11-7-4-8-12-23)28(37)31(44-29)35-17-21(2)30(38)34-32(35)39/h3-17,25-29,31,36-37H,18-19H2,1-2H3,(H,34,38,39)/t25-,26-,27-,28-,29-,31-,33+/m1/s1. The summed E-state index contributed by atoms with van der Waals surface area (Å²) >= 11 is 0. The van der Waals surface area contributed by atoms with Crippen LogP contribution in [0, 0.1) is 13.8 Å². The number of ether oxygens (including phenoxy) is 3. The Bertz CT molecular complexity index is 1900. The second-order valence-electron chi connectivity index (χ2n) is 11.5. The Morgan fingerprint density at radius 2 is 1.46 bits per heavy atom. The van der Waals surface area contributed by atoms with Gasteiger partial charge in [-0.3, -0.25) is 18.5 Å². The van der Waals surface area contributed by atoms with Crippen LogP contribution in [0.5, 0.6) is 0 Å². The monoisotopic (exact) mass is 650 g/mol. The fourth-order valence-corrected chi connectivity index (χ4v) is 7.09. The van der Waals surface area contributed by atoms with E-state index in [0.29, 0.717) is 5.56 Å². The summed E-state index contributed by atoms with van der Waals surface area (Å²) in [5, 5.41) is 24.0. The maximum atomic E-state index is 13.5. The summed E-state index contributed by atoms with van der Waals surface area (Å²) in [7, 11) is -4.46. The van der Waals surface area contributed by atoms with Gasteiger partial charge >= 0.3 is 5.69 Å². The van der Waals surface area contributed by atoms with E-state index in [2.05, 4.69) is 4.98 Å². The Morgan fingerprint density at radius 3 is 2.09 bits per heavy atom. The van der Waals surface area contributed by atoms with E-state index in [9.17, 15) is 28.2 Å². The number of nitrogens with one attached hydrogen (secondary N) is 1. The lowest BCUT2D eigenvalue weighted by Crippen LogP contribution is -2.57. The smallest absolute Gasteiger partial charge is 0.330 e. The summed E-state index contributed by atoms with van der Waals surface area (Å²) in [4.78, 5) is 27.1. The van der Waals surface area contributed by atoms with Crippen LogP contribution < -0.4 is 11.2 Å². The highest BCUT2D eigenvalue weighted by Gasteiger charge is 2.73. The van der Waals surface area contributed by atoms with Crippen LogP contribution in [0.1, 0.15) is 28.5 Å². The van der Waals surface area contributed by atoms with Gasteiger partial charge in [0, 0.05) is 11.8 Å². The summed E-state index contributed by atoms with van der Waals surface area (Å²) in [5.41, 5.74) is -1.07. The van der Waals surface area contributed by atoms with Crippen molar-refractivity contribution in [2.75, 3.05) is 0 Å². The first kappa shape index (κ1) is 32.0. The van der Waals surface area contributed by atoms with Gasteiger partial charge in [-0.15, -0.1) is 0 Å². The molecule has 2 aliphatic rings. The molecular formula is C33H34N2O10S. The number of nitrogens with zero attached hydrogens (tertiary/aromatic N) is 1. The summed E-state index contributed by atoms with van der Waals surface area (Å²) in [6, 6.07) is 24.0. The van der Waals surface area contributed by atoms with Crippen molar-refractivity contribution in [3.05, 3.63) is 134 Å². The molecule has 1 aliphatic carbocycles. The molecule has 2 fully saturated rings. The third-order valence-corrected chi connectivity index (χ3v) is 9.77. The zero-order valence-corrected chi connectivity index (χ0v) is 25.9. The summed E-state index contributed by atoms with van der Waals surface area (Å²) < 4.78 is 52.7. The highest BCUT2D eigenvalue weighted by molar-refractivity contribution is 7.86. The molecule has 13 heteroatoms. The number of aliphatic hydroxyl groups excluding tert-OH is 2. The lowest BCUT2D eigenvalue weighted by Gasteiger charge is -2.35. The van der Waals surface area contributed by atoms with Gasteiger partial charge in [-0.05, 0) is 37.1 Å². The number of H-pyrrole nitrogens is 1. The first-order valence-electron chi connectivity index (χ1n) is 14.7. The van der Waals surface area contributed by atoms with Crippen LogP contribution in [0.2, 0.25) is 0 Å². The number of hydrogen-bond acceptors (Lipinski definition) is 10. The highest BCUT2D eigenvalue weighted by atomic mass is 32.2. The molecule has 6 rings (SSSR count). The van der Waals surface area contributed by atoms with Crippen molar-refractivity contribution < 1.29 is 37.0 Å². The minimum absolute atomic E-state index is 0.0320. The van der Waals surface area contributed by atoms with Crippen molar-refractivity contribution in [1.29, 1.82) is 0 Å². The van der Waals surface area contributed by atoms with Gasteiger partial charge in [0.15, 0.2) is 11.8 Å². The number of aromatic amines is 1. The van der Waals surface area contributed by atoms with Gasteiger partial charge in [0.05, 0.1) is 18.1 Å². The molecule has 0 unspecified atom stereocenters. The van der Waals surface area contributed by atoms with Crippen molar-refractivity contribution in [2.45, 2.75) is 74.3 Å². The molecule has 4 aromatic rings. The minimum Gasteiger partial charge on any atom is -0.387 e. The number of aryl methyl sites for hydroxylation is 2. The van der Waals surface area contributed by atoms with Gasteiger partial charge in [0.25, 0.3) is 15.7 Å². The molecule has 1 saturated carbocycles. The number of hydrogen-bond donors (Lipinski definition) is 3. The van der Waals surface area contributed by atoms with Gasteiger partial charge < -0.3 is 24.4 Å². The number of rotatable bonds is 10. The first-order valence-corrected chi connectivity index (χ1v) is 16.1. The van der Waals surface area contributed by atoms with Crippen LogP contribution in [0.15, 0.2) is 106 Å². The Morgan fingerprint density at radius 1 is 0.848 bits per heavy atom. The van der Waals surface area contributed by atoms with Gasteiger partial charge in [0.2, 0.25) is 0 Å². The minimum atomic E-state index is -4.46.